The van der Waals surface area contributed by atoms with E-state index in [2.05, 4.69) is 17.3 Å². The molecule has 1 amide bonds. The first kappa shape index (κ1) is 14.1. The number of nitrogens with one attached hydrogen (secondary N) is 1. The molecule has 1 saturated carbocycles. The van der Waals surface area contributed by atoms with Crippen molar-refractivity contribution in [2.75, 3.05) is 13.2 Å². The van der Waals surface area contributed by atoms with Crippen molar-refractivity contribution in [3.63, 3.8) is 0 Å². The number of aryl methyl sites for hydroxylation is 1. The molecule has 1 heterocycles. The second kappa shape index (κ2) is 6.70. The van der Waals surface area contributed by atoms with Crippen LogP contribution < -0.4 is 5.32 Å². The van der Waals surface area contributed by atoms with Crippen LogP contribution in [0.15, 0.2) is 12.4 Å². The fourth-order valence-electron chi connectivity index (χ4n) is 2.55. The van der Waals surface area contributed by atoms with Gasteiger partial charge >= 0.3 is 0 Å². The molecule has 2 atom stereocenters. The predicted molar refractivity (Wildman–Crippen MR) is 72.9 cm³/mol. The molecule has 1 aromatic rings. The summed E-state index contributed by atoms with van der Waals surface area (Å²) in [4.78, 5) is 11.8. The molecule has 2 rings (SSSR count). The molecule has 0 radical (unpaired) electrons. The van der Waals surface area contributed by atoms with E-state index in [4.69, 9.17) is 4.74 Å². The van der Waals surface area contributed by atoms with Crippen molar-refractivity contribution in [1.82, 2.24) is 15.1 Å². The maximum Gasteiger partial charge on any atom is 0.254 e. The van der Waals surface area contributed by atoms with Crippen LogP contribution >= 0.6 is 0 Å². The molecule has 1 aliphatic carbocycles. The fourth-order valence-corrected chi connectivity index (χ4v) is 2.55. The highest BCUT2D eigenvalue weighted by Crippen LogP contribution is 2.25. The second-order valence-electron chi connectivity index (χ2n) is 5.33. The van der Waals surface area contributed by atoms with Gasteiger partial charge in [0.05, 0.1) is 24.5 Å². The van der Waals surface area contributed by atoms with Gasteiger partial charge in [-0.05, 0) is 18.8 Å². The highest BCUT2D eigenvalue weighted by Gasteiger charge is 2.21. The number of nitrogens with zero attached hydrogens (tertiary/aromatic N) is 2. The first-order chi connectivity index (χ1) is 9.16. The Balaban J connectivity index is 1.65. The summed E-state index contributed by atoms with van der Waals surface area (Å²) >= 11 is 0. The molecule has 19 heavy (non-hydrogen) atoms. The van der Waals surface area contributed by atoms with Gasteiger partial charge in [0.25, 0.3) is 5.91 Å². The average Bonchev–Trinajstić information content (AvgIpc) is 2.83. The van der Waals surface area contributed by atoms with Crippen molar-refractivity contribution in [1.29, 1.82) is 0 Å². The minimum atomic E-state index is -0.0895. The lowest BCUT2D eigenvalue weighted by molar-refractivity contribution is -0.00293. The number of hydrogen-bond donors (Lipinski definition) is 1. The highest BCUT2D eigenvalue weighted by atomic mass is 16.5. The van der Waals surface area contributed by atoms with E-state index in [-0.39, 0.29) is 5.91 Å². The number of hydrogen-bond acceptors (Lipinski definition) is 3. The van der Waals surface area contributed by atoms with Gasteiger partial charge in [0, 0.05) is 19.8 Å². The van der Waals surface area contributed by atoms with Crippen molar-refractivity contribution in [3.8, 4) is 0 Å². The van der Waals surface area contributed by atoms with Crippen LogP contribution in [0.25, 0.3) is 0 Å². The summed E-state index contributed by atoms with van der Waals surface area (Å²) in [6.07, 6.45) is 8.63. The Bertz CT molecular complexity index is 417. The third-order valence-electron chi connectivity index (χ3n) is 3.72. The normalized spacial score (nSPS) is 23.3. The zero-order valence-corrected chi connectivity index (χ0v) is 11.8. The number of amides is 1. The Morgan fingerprint density at radius 3 is 3.00 bits per heavy atom. The van der Waals surface area contributed by atoms with E-state index in [9.17, 15) is 4.79 Å². The van der Waals surface area contributed by atoms with E-state index >= 15 is 0 Å². The van der Waals surface area contributed by atoms with Gasteiger partial charge in [0.2, 0.25) is 0 Å². The summed E-state index contributed by atoms with van der Waals surface area (Å²) in [6, 6.07) is 0. The zero-order valence-electron chi connectivity index (χ0n) is 11.8. The molecular formula is C14H23N3O2. The Labute approximate surface area is 114 Å². The quantitative estimate of drug-likeness (QED) is 0.825. The molecule has 5 nitrogen and oxygen atoms in total. The number of ether oxygens (including phenoxy) is 1. The Hall–Kier alpha value is -1.36. The van der Waals surface area contributed by atoms with Gasteiger partial charge in [0.15, 0.2) is 0 Å². The largest absolute Gasteiger partial charge is 0.376 e. The van der Waals surface area contributed by atoms with E-state index in [0.717, 1.165) is 6.42 Å². The molecular weight excluding hydrogens is 242 g/mol. The smallest absolute Gasteiger partial charge is 0.254 e. The van der Waals surface area contributed by atoms with E-state index in [1.807, 2.05) is 0 Å². The minimum absolute atomic E-state index is 0.0895. The average molecular weight is 265 g/mol. The number of aromatic nitrogens is 2. The van der Waals surface area contributed by atoms with Crippen molar-refractivity contribution >= 4 is 5.91 Å². The monoisotopic (exact) mass is 265 g/mol. The van der Waals surface area contributed by atoms with Crippen LogP contribution in [0.5, 0.6) is 0 Å². The fraction of sp³-hybridized carbons (Fsp3) is 0.714. The summed E-state index contributed by atoms with van der Waals surface area (Å²) in [5.74, 6) is 0.552. The van der Waals surface area contributed by atoms with Crippen molar-refractivity contribution in [2.45, 2.75) is 38.7 Å². The lowest BCUT2D eigenvalue weighted by Crippen LogP contribution is -2.31. The van der Waals surface area contributed by atoms with Gasteiger partial charge in [0.1, 0.15) is 0 Å². The Kier molecular flexibility index (Phi) is 4.96. The van der Waals surface area contributed by atoms with Crippen LogP contribution in [-0.4, -0.2) is 34.9 Å². The maximum atomic E-state index is 11.8. The van der Waals surface area contributed by atoms with E-state index in [1.54, 1.807) is 24.1 Å². The van der Waals surface area contributed by atoms with E-state index in [1.165, 1.54) is 19.3 Å². The van der Waals surface area contributed by atoms with Gasteiger partial charge in [-0.2, -0.15) is 5.10 Å². The van der Waals surface area contributed by atoms with Crippen molar-refractivity contribution in [3.05, 3.63) is 18.0 Å². The number of rotatable bonds is 5. The summed E-state index contributed by atoms with van der Waals surface area (Å²) in [5, 5.41) is 6.82. The molecule has 0 unspecified atom stereocenters. The Morgan fingerprint density at radius 2 is 2.32 bits per heavy atom. The van der Waals surface area contributed by atoms with E-state index < -0.39 is 0 Å². The summed E-state index contributed by atoms with van der Waals surface area (Å²) < 4.78 is 7.47. The van der Waals surface area contributed by atoms with Crippen LogP contribution in [0.4, 0.5) is 0 Å². The number of carbonyl (C=O) groups excluding carboxylic acids is 1. The standard InChI is InChI=1S/C14H23N3O2/c1-11-5-3-4-6-13(11)19-8-7-15-14(18)12-9-16-17(2)10-12/h9-11,13H,3-8H2,1-2H3,(H,15,18)/t11-,13-/m1/s1. The molecule has 5 heteroatoms. The minimum Gasteiger partial charge on any atom is -0.376 e. The van der Waals surface area contributed by atoms with Crippen LogP contribution in [0, 0.1) is 5.92 Å². The van der Waals surface area contributed by atoms with Crippen LogP contribution in [0.2, 0.25) is 0 Å². The molecule has 1 N–H and O–H groups in total. The maximum absolute atomic E-state index is 11.8. The summed E-state index contributed by atoms with van der Waals surface area (Å²) in [6.45, 7) is 3.38. The van der Waals surface area contributed by atoms with E-state index in [0.29, 0.717) is 30.7 Å². The lowest BCUT2D eigenvalue weighted by Gasteiger charge is -2.28. The molecule has 1 fully saturated rings. The first-order valence-corrected chi connectivity index (χ1v) is 7.05. The molecule has 0 spiro atoms. The molecule has 0 aromatic carbocycles. The zero-order chi connectivity index (χ0) is 13.7. The topological polar surface area (TPSA) is 56.1 Å². The van der Waals surface area contributed by atoms with Crippen LogP contribution in [0.3, 0.4) is 0 Å². The predicted octanol–water partition coefficient (Wildman–Crippen LogP) is 1.75. The van der Waals surface area contributed by atoms with Gasteiger partial charge in [-0.15, -0.1) is 0 Å². The first-order valence-electron chi connectivity index (χ1n) is 7.05. The molecule has 1 aromatic heterocycles. The molecule has 0 saturated heterocycles. The second-order valence-corrected chi connectivity index (χ2v) is 5.33. The summed E-state index contributed by atoms with van der Waals surface area (Å²) in [5.41, 5.74) is 0.591. The molecule has 106 valence electrons. The third-order valence-corrected chi connectivity index (χ3v) is 3.72. The van der Waals surface area contributed by atoms with Gasteiger partial charge in [-0.3, -0.25) is 9.48 Å². The highest BCUT2D eigenvalue weighted by molar-refractivity contribution is 5.93. The Morgan fingerprint density at radius 1 is 1.53 bits per heavy atom. The molecule has 0 aliphatic heterocycles. The lowest BCUT2D eigenvalue weighted by atomic mass is 9.88. The van der Waals surface area contributed by atoms with Crippen LogP contribution in [0.1, 0.15) is 43.0 Å². The number of carbonyl (C=O) groups is 1. The third kappa shape index (κ3) is 4.06. The van der Waals surface area contributed by atoms with Gasteiger partial charge in [-0.25, -0.2) is 0 Å². The van der Waals surface area contributed by atoms with Crippen molar-refractivity contribution < 1.29 is 9.53 Å². The molecule has 0 bridgehead atoms. The van der Waals surface area contributed by atoms with Crippen LogP contribution in [-0.2, 0) is 11.8 Å². The summed E-state index contributed by atoms with van der Waals surface area (Å²) in [7, 11) is 1.80. The van der Waals surface area contributed by atoms with Gasteiger partial charge in [-0.1, -0.05) is 19.8 Å². The molecule has 1 aliphatic rings. The van der Waals surface area contributed by atoms with Crippen molar-refractivity contribution in [2.24, 2.45) is 13.0 Å². The SMILES string of the molecule is C[C@@H]1CCCC[C@H]1OCCNC(=O)c1cnn(C)c1. The van der Waals surface area contributed by atoms with Gasteiger partial charge < -0.3 is 10.1 Å².